The predicted molar refractivity (Wildman–Crippen MR) is 69.0 cm³/mol. The lowest BCUT2D eigenvalue weighted by molar-refractivity contribution is -0.0152. The Hall–Kier alpha value is -1.47. The quantitative estimate of drug-likeness (QED) is 0.620. The fraction of sp³-hybridized carbons (Fsp3) is 0.250. The van der Waals surface area contributed by atoms with Gasteiger partial charge in [-0.05, 0) is 29.9 Å². The fourth-order valence-electron chi connectivity index (χ4n) is 1.68. The topological polar surface area (TPSA) is 81.4 Å². The van der Waals surface area contributed by atoms with E-state index in [2.05, 4.69) is 4.98 Å². The van der Waals surface area contributed by atoms with Crippen LogP contribution in [0.1, 0.15) is 11.7 Å². The van der Waals surface area contributed by atoms with Crippen LogP contribution in [-0.4, -0.2) is 37.6 Å². The summed E-state index contributed by atoms with van der Waals surface area (Å²) in [7, 11) is 0. The van der Waals surface area contributed by atoms with Gasteiger partial charge in [0.2, 0.25) is 0 Å². The molecule has 2 atom stereocenters. The molecule has 18 heavy (non-hydrogen) atoms. The third kappa shape index (κ3) is 2.51. The molecule has 6 heteroatoms. The summed E-state index contributed by atoms with van der Waals surface area (Å²) in [5.41, 5.74) is 1.40. The van der Waals surface area contributed by atoms with Crippen molar-refractivity contribution in [3.05, 3.63) is 47.0 Å². The number of aromatic nitrogens is 2. The maximum Gasteiger partial charge on any atom is 0.181 e. The number of aliphatic hydroxyl groups is 3. The Morgan fingerprint density at radius 3 is 2.39 bits per heavy atom. The Morgan fingerprint density at radius 2 is 1.89 bits per heavy atom. The van der Waals surface area contributed by atoms with Gasteiger partial charge >= 0.3 is 0 Å². The minimum absolute atomic E-state index is 0.480. The number of hydrogen-bond donors (Lipinski definition) is 4. The van der Waals surface area contributed by atoms with Crippen molar-refractivity contribution in [2.24, 2.45) is 0 Å². The summed E-state index contributed by atoms with van der Waals surface area (Å²) < 4.78 is 2.37. The van der Waals surface area contributed by atoms with Gasteiger partial charge in [0.15, 0.2) is 4.77 Å². The molecule has 0 aliphatic rings. The van der Waals surface area contributed by atoms with Crippen molar-refractivity contribution in [2.45, 2.75) is 12.2 Å². The van der Waals surface area contributed by atoms with Gasteiger partial charge in [-0.3, -0.25) is 4.57 Å². The molecule has 0 saturated heterocycles. The van der Waals surface area contributed by atoms with E-state index in [1.807, 2.05) is 0 Å². The number of H-pyrrole nitrogens is 1. The molecule has 0 spiro atoms. The third-order valence-electron chi connectivity index (χ3n) is 2.71. The van der Waals surface area contributed by atoms with Crippen molar-refractivity contribution < 1.29 is 15.3 Å². The van der Waals surface area contributed by atoms with E-state index in [1.165, 1.54) is 0 Å². The van der Waals surface area contributed by atoms with E-state index in [-0.39, 0.29) is 0 Å². The molecule has 1 aromatic carbocycles. The summed E-state index contributed by atoms with van der Waals surface area (Å²) in [5, 5.41) is 27.8. The van der Waals surface area contributed by atoms with Crippen LogP contribution in [0.2, 0.25) is 0 Å². The van der Waals surface area contributed by atoms with Crippen LogP contribution in [0.4, 0.5) is 0 Å². The molecule has 2 unspecified atom stereocenters. The molecular weight excluding hydrogens is 252 g/mol. The van der Waals surface area contributed by atoms with Crippen molar-refractivity contribution in [3.8, 4) is 5.69 Å². The average Bonchev–Trinajstić information content (AvgIpc) is 2.83. The van der Waals surface area contributed by atoms with Crippen molar-refractivity contribution in [1.29, 1.82) is 0 Å². The fourth-order valence-corrected chi connectivity index (χ4v) is 1.91. The second-order valence-corrected chi connectivity index (χ2v) is 4.31. The zero-order valence-corrected chi connectivity index (χ0v) is 10.3. The van der Waals surface area contributed by atoms with Gasteiger partial charge in [0.05, 0.1) is 6.61 Å². The number of nitrogens with one attached hydrogen (secondary N) is 1. The Balaban J connectivity index is 2.26. The van der Waals surface area contributed by atoms with E-state index in [0.29, 0.717) is 10.3 Å². The number of rotatable bonds is 4. The number of imidazole rings is 1. The number of benzene rings is 1. The lowest BCUT2D eigenvalue weighted by atomic mass is 10.0. The van der Waals surface area contributed by atoms with Crippen molar-refractivity contribution in [3.63, 3.8) is 0 Å². The third-order valence-corrected chi connectivity index (χ3v) is 3.03. The van der Waals surface area contributed by atoms with Crippen LogP contribution >= 0.6 is 12.2 Å². The van der Waals surface area contributed by atoms with Crippen LogP contribution in [0.3, 0.4) is 0 Å². The van der Waals surface area contributed by atoms with Crippen LogP contribution in [-0.2, 0) is 0 Å². The minimum Gasteiger partial charge on any atom is -0.394 e. The molecule has 5 nitrogen and oxygen atoms in total. The first kappa shape index (κ1) is 13.0. The largest absolute Gasteiger partial charge is 0.394 e. The Kier molecular flexibility index (Phi) is 3.93. The maximum atomic E-state index is 9.72. The van der Waals surface area contributed by atoms with E-state index in [9.17, 15) is 10.2 Å². The first-order valence-corrected chi connectivity index (χ1v) is 5.87. The van der Waals surface area contributed by atoms with Gasteiger partial charge in [0, 0.05) is 18.1 Å². The normalized spacial score (nSPS) is 14.4. The van der Waals surface area contributed by atoms with Gasteiger partial charge in [0.1, 0.15) is 12.2 Å². The molecule has 1 heterocycles. The SMILES string of the molecule is OCC(O)C(O)c1ccc(-n2cc[nH]c2=S)cc1. The first-order chi connectivity index (χ1) is 8.63. The van der Waals surface area contributed by atoms with Gasteiger partial charge in [0.25, 0.3) is 0 Å². The predicted octanol–water partition coefficient (Wildman–Crippen LogP) is 0.921. The summed E-state index contributed by atoms with van der Waals surface area (Å²) in [6.45, 7) is -0.480. The highest BCUT2D eigenvalue weighted by Crippen LogP contribution is 2.19. The second-order valence-electron chi connectivity index (χ2n) is 3.92. The second kappa shape index (κ2) is 5.45. The summed E-state index contributed by atoms with van der Waals surface area (Å²) in [6, 6.07) is 6.94. The van der Waals surface area contributed by atoms with Crippen molar-refractivity contribution in [2.75, 3.05) is 6.61 Å². The van der Waals surface area contributed by atoms with Gasteiger partial charge in [-0.2, -0.15) is 0 Å². The highest BCUT2D eigenvalue weighted by atomic mass is 32.1. The summed E-state index contributed by atoms with van der Waals surface area (Å²) in [4.78, 5) is 2.89. The summed E-state index contributed by atoms with van der Waals surface area (Å²) >= 11 is 5.10. The molecule has 0 aliphatic heterocycles. The Labute approximate surface area is 109 Å². The zero-order chi connectivity index (χ0) is 13.1. The highest BCUT2D eigenvalue weighted by Gasteiger charge is 2.17. The van der Waals surface area contributed by atoms with Gasteiger partial charge in [-0.15, -0.1) is 0 Å². The molecule has 96 valence electrons. The van der Waals surface area contributed by atoms with Crippen LogP contribution in [0.5, 0.6) is 0 Å². The van der Waals surface area contributed by atoms with Gasteiger partial charge in [-0.1, -0.05) is 12.1 Å². The number of aromatic amines is 1. The molecule has 2 rings (SSSR count). The van der Waals surface area contributed by atoms with E-state index >= 15 is 0 Å². The van der Waals surface area contributed by atoms with Crippen molar-refractivity contribution in [1.82, 2.24) is 9.55 Å². The molecule has 1 aromatic heterocycles. The Morgan fingerprint density at radius 1 is 1.22 bits per heavy atom. The smallest absolute Gasteiger partial charge is 0.181 e. The number of aliphatic hydroxyl groups excluding tert-OH is 3. The lowest BCUT2D eigenvalue weighted by Crippen LogP contribution is -2.21. The molecule has 0 aliphatic carbocycles. The van der Waals surface area contributed by atoms with Crippen LogP contribution in [0.15, 0.2) is 36.7 Å². The molecule has 0 saturated carbocycles. The molecule has 4 N–H and O–H groups in total. The van der Waals surface area contributed by atoms with E-state index in [0.717, 1.165) is 5.69 Å². The molecular formula is C12H14N2O3S. The highest BCUT2D eigenvalue weighted by molar-refractivity contribution is 7.71. The summed E-state index contributed by atoms with van der Waals surface area (Å²) in [6.07, 6.45) is 1.27. The monoisotopic (exact) mass is 266 g/mol. The van der Waals surface area contributed by atoms with Crippen LogP contribution in [0, 0.1) is 4.77 Å². The number of nitrogens with zero attached hydrogens (tertiary/aromatic N) is 1. The van der Waals surface area contributed by atoms with Crippen LogP contribution < -0.4 is 0 Å². The molecule has 2 aromatic rings. The molecule has 0 bridgehead atoms. The summed E-state index contributed by atoms with van der Waals surface area (Å²) in [5.74, 6) is 0. The minimum atomic E-state index is -1.18. The van der Waals surface area contributed by atoms with E-state index in [1.54, 1.807) is 41.2 Å². The molecule has 0 fully saturated rings. The van der Waals surface area contributed by atoms with Gasteiger partial charge in [-0.25, -0.2) is 0 Å². The molecule has 0 amide bonds. The van der Waals surface area contributed by atoms with Crippen molar-refractivity contribution >= 4 is 12.2 Å². The van der Waals surface area contributed by atoms with Crippen LogP contribution in [0.25, 0.3) is 5.69 Å². The maximum absolute atomic E-state index is 9.72. The van der Waals surface area contributed by atoms with E-state index in [4.69, 9.17) is 17.3 Å². The van der Waals surface area contributed by atoms with E-state index < -0.39 is 18.8 Å². The first-order valence-electron chi connectivity index (χ1n) is 5.47. The average molecular weight is 266 g/mol. The zero-order valence-electron chi connectivity index (χ0n) is 9.52. The molecule has 0 radical (unpaired) electrons. The lowest BCUT2D eigenvalue weighted by Gasteiger charge is -2.16. The number of hydrogen-bond acceptors (Lipinski definition) is 4. The standard InChI is InChI=1S/C12H14N2O3S/c15-7-10(16)11(17)8-1-3-9(4-2-8)14-6-5-13-12(14)18/h1-6,10-11,15-17H,7H2,(H,13,18). The Bertz CT molecular complexity index is 561. The van der Waals surface area contributed by atoms with Gasteiger partial charge < -0.3 is 20.3 Å².